The van der Waals surface area contributed by atoms with E-state index in [0.717, 1.165) is 50.5 Å². The van der Waals surface area contributed by atoms with Crippen LogP contribution < -0.4 is 0 Å². The molecule has 0 aromatic heterocycles. The van der Waals surface area contributed by atoms with E-state index in [9.17, 15) is 15.0 Å². The Bertz CT molecular complexity index is 715. The standard InChI is InChI=1S/C24H32O4/c1-18(24(27)28)10-4-2-7-14-20-21(16-17-23(20)26)22(25)15-9-8-13-19-11-5-3-6-12-19/h3,5-6,10-12,15-16,20,23,25-26H,2,4,7-9,13-14,17H2,1H3,(H,27,28)/b18-10?,22-15+. The number of carbonyl (C=O) groups is 1. The summed E-state index contributed by atoms with van der Waals surface area (Å²) >= 11 is 0. The first-order valence-electron chi connectivity index (χ1n) is 10.2. The summed E-state index contributed by atoms with van der Waals surface area (Å²) in [6, 6.07) is 10.3. The monoisotopic (exact) mass is 384 g/mol. The Morgan fingerprint density at radius 1 is 1.07 bits per heavy atom. The van der Waals surface area contributed by atoms with Gasteiger partial charge in [0.25, 0.3) is 0 Å². The second-order valence-corrected chi connectivity index (χ2v) is 7.51. The molecule has 4 heteroatoms. The van der Waals surface area contributed by atoms with Crippen LogP contribution in [0.25, 0.3) is 0 Å². The highest BCUT2D eigenvalue weighted by Crippen LogP contribution is 2.34. The molecular weight excluding hydrogens is 352 g/mol. The number of aliphatic hydroxyl groups is 2. The van der Waals surface area contributed by atoms with E-state index in [1.54, 1.807) is 13.0 Å². The van der Waals surface area contributed by atoms with Gasteiger partial charge in [-0.2, -0.15) is 0 Å². The van der Waals surface area contributed by atoms with E-state index in [1.807, 2.05) is 30.4 Å². The molecular formula is C24H32O4. The molecule has 152 valence electrons. The van der Waals surface area contributed by atoms with Crippen LogP contribution in [0.2, 0.25) is 0 Å². The van der Waals surface area contributed by atoms with Gasteiger partial charge < -0.3 is 15.3 Å². The number of aliphatic carboxylic acids is 1. The van der Waals surface area contributed by atoms with Gasteiger partial charge in [0.15, 0.2) is 0 Å². The highest BCUT2D eigenvalue weighted by atomic mass is 16.4. The van der Waals surface area contributed by atoms with Crippen molar-refractivity contribution in [1.29, 1.82) is 0 Å². The minimum absolute atomic E-state index is 0.0325. The second-order valence-electron chi connectivity index (χ2n) is 7.51. The lowest BCUT2D eigenvalue weighted by molar-refractivity contribution is -0.132. The van der Waals surface area contributed by atoms with Gasteiger partial charge in [-0.1, -0.05) is 48.9 Å². The molecule has 0 spiro atoms. The number of allylic oxidation sites excluding steroid dienone is 3. The molecule has 2 unspecified atom stereocenters. The quantitative estimate of drug-likeness (QED) is 0.273. The lowest BCUT2D eigenvalue weighted by Crippen LogP contribution is -2.17. The molecule has 2 atom stereocenters. The van der Waals surface area contributed by atoms with Crippen LogP contribution in [-0.4, -0.2) is 27.4 Å². The number of benzene rings is 1. The Morgan fingerprint density at radius 3 is 2.50 bits per heavy atom. The number of unbranched alkanes of at least 4 members (excludes halogenated alkanes) is 3. The second kappa shape index (κ2) is 11.5. The van der Waals surface area contributed by atoms with Crippen molar-refractivity contribution in [3.05, 3.63) is 71.0 Å². The highest BCUT2D eigenvalue weighted by Gasteiger charge is 2.29. The summed E-state index contributed by atoms with van der Waals surface area (Å²) < 4.78 is 0. The van der Waals surface area contributed by atoms with Crippen molar-refractivity contribution in [2.45, 2.75) is 64.4 Å². The highest BCUT2D eigenvalue weighted by molar-refractivity contribution is 5.85. The Labute approximate surface area is 167 Å². The molecule has 0 radical (unpaired) electrons. The Morgan fingerprint density at radius 2 is 1.79 bits per heavy atom. The van der Waals surface area contributed by atoms with E-state index in [4.69, 9.17) is 5.11 Å². The van der Waals surface area contributed by atoms with Crippen LogP contribution in [0, 0.1) is 5.92 Å². The molecule has 0 heterocycles. The summed E-state index contributed by atoms with van der Waals surface area (Å²) in [5.74, 6) is -0.607. The zero-order valence-electron chi connectivity index (χ0n) is 16.7. The Kier molecular flexibility index (Phi) is 9.02. The van der Waals surface area contributed by atoms with E-state index in [0.29, 0.717) is 17.8 Å². The molecule has 1 aliphatic carbocycles. The normalized spacial score (nSPS) is 20.3. The topological polar surface area (TPSA) is 77.8 Å². The fourth-order valence-electron chi connectivity index (χ4n) is 3.63. The maximum Gasteiger partial charge on any atom is 0.330 e. The first-order valence-corrected chi connectivity index (χ1v) is 10.2. The number of hydrogen-bond donors (Lipinski definition) is 3. The van der Waals surface area contributed by atoms with Gasteiger partial charge in [0.05, 0.1) is 6.10 Å². The Hall–Kier alpha value is -2.33. The minimum Gasteiger partial charge on any atom is -0.508 e. The zero-order chi connectivity index (χ0) is 20.4. The van der Waals surface area contributed by atoms with E-state index in [2.05, 4.69) is 12.1 Å². The lowest BCUT2D eigenvalue weighted by atomic mass is 9.91. The third-order valence-electron chi connectivity index (χ3n) is 5.35. The van der Waals surface area contributed by atoms with Crippen molar-refractivity contribution in [1.82, 2.24) is 0 Å². The molecule has 0 saturated heterocycles. The maximum absolute atomic E-state index is 10.8. The molecule has 0 saturated carbocycles. The molecule has 28 heavy (non-hydrogen) atoms. The van der Waals surface area contributed by atoms with Crippen molar-refractivity contribution >= 4 is 5.97 Å². The summed E-state index contributed by atoms with van der Waals surface area (Å²) in [6.07, 6.45) is 11.8. The molecule has 1 aromatic rings. The molecule has 4 nitrogen and oxygen atoms in total. The van der Waals surface area contributed by atoms with Gasteiger partial charge in [-0.25, -0.2) is 4.79 Å². The van der Waals surface area contributed by atoms with Gasteiger partial charge >= 0.3 is 5.97 Å². The summed E-state index contributed by atoms with van der Waals surface area (Å²) in [6.45, 7) is 1.60. The number of carboxylic acid groups (broad SMARTS) is 1. The average molecular weight is 385 g/mol. The van der Waals surface area contributed by atoms with Gasteiger partial charge in [0, 0.05) is 11.5 Å². The van der Waals surface area contributed by atoms with Crippen LogP contribution in [0.1, 0.15) is 57.4 Å². The van der Waals surface area contributed by atoms with Crippen molar-refractivity contribution in [3.63, 3.8) is 0 Å². The predicted octanol–water partition coefficient (Wildman–Crippen LogP) is 5.35. The number of aliphatic hydroxyl groups excluding tert-OH is 2. The number of rotatable bonds is 11. The number of carboxylic acids is 1. The molecule has 1 aromatic carbocycles. The fourth-order valence-corrected chi connectivity index (χ4v) is 3.63. The Balaban J connectivity index is 1.77. The van der Waals surface area contributed by atoms with Crippen LogP contribution in [0.15, 0.2) is 65.5 Å². The predicted molar refractivity (Wildman–Crippen MR) is 112 cm³/mol. The van der Waals surface area contributed by atoms with Gasteiger partial charge in [0.1, 0.15) is 5.76 Å². The molecule has 3 N–H and O–H groups in total. The van der Waals surface area contributed by atoms with E-state index >= 15 is 0 Å². The van der Waals surface area contributed by atoms with E-state index < -0.39 is 12.1 Å². The number of hydrogen-bond acceptors (Lipinski definition) is 3. The van der Waals surface area contributed by atoms with Crippen molar-refractivity contribution in [3.8, 4) is 0 Å². The van der Waals surface area contributed by atoms with Crippen LogP contribution in [0.5, 0.6) is 0 Å². The minimum atomic E-state index is -0.876. The summed E-state index contributed by atoms with van der Waals surface area (Å²) in [5, 5.41) is 29.6. The number of aryl methyl sites for hydroxylation is 1. The van der Waals surface area contributed by atoms with Crippen LogP contribution in [0.3, 0.4) is 0 Å². The molecule has 2 rings (SSSR count). The van der Waals surface area contributed by atoms with Gasteiger partial charge in [-0.15, -0.1) is 0 Å². The third-order valence-corrected chi connectivity index (χ3v) is 5.35. The fraction of sp³-hybridized carbons (Fsp3) is 0.458. The molecule has 1 aliphatic rings. The zero-order valence-corrected chi connectivity index (χ0v) is 16.7. The first-order chi connectivity index (χ1) is 13.5. The molecule has 0 aliphatic heterocycles. The third kappa shape index (κ3) is 7.01. The van der Waals surface area contributed by atoms with Crippen LogP contribution >= 0.6 is 0 Å². The van der Waals surface area contributed by atoms with Crippen LogP contribution in [0.4, 0.5) is 0 Å². The van der Waals surface area contributed by atoms with Crippen LogP contribution in [-0.2, 0) is 11.2 Å². The maximum atomic E-state index is 10.8. The lowest BCUT2D eigenvalue weighted by Gasteiger charge is -2.18. The van der Waals surface area contributed by atoms with Crippen molar-refractivity contribution in [2.75, 3.05) is 0 Å². The van der Waals surface area contributed by atoms with Gasteiger partial charge in [-0.05, 0) is 69.1 Å². The average Bonchev–Trinajstić information content (AvgIpc) is 3.06. The molecule has 0 fully saturated rings. The summed E-state index contributed by atoms with van der Waals surface area (Å²) in [4.78, 5) is 10.8. The van der Waals surface area contributed by atoms with Gasteiger partial charge in [0.2, 0.25) is 0 Å². The largest absolute Gasteiger partial charge is 0.508 e. The van der Waals surface area contributed by atoms with Crippen molar-refractivity contribution in [2.24, 2.45) is 5.92 Å². The van der Waals surface area contributed by atoms with E-state index in [-0.39, 0.29) is 5.92 Å². The summed E-state index contributed by atoms with van der Waals surface area (Å²) in [5.41, 5.74) is 2.54. The summed E-state index contributed by atoms with van der Waals surface area (Å²) in [7, 11) is 0. The SMILES string of the molecule is CC(=CCCCCC1C(/C(O)=C\CCCc2ccccc2)=CCC1O)C(=O)O. The first kappa shape index (κ1) is 22.0. The van der Waals surface area contributed by atoms with E-state index in [1.165, 1.54) is 5.56 Å². The molecule has 0 amide bonds. The van der Waals surface area contributed by atoms with Crippen molar-refractivity contribution < 1.29 is 20.1 Å². The molecule has 0 bridgehead atoms. The van der Waals surface area contributed by atoms with Gasteiger partial charge in [-0.3, -0.25) is 0 Å². The smallest absolute Gasteiger partial charge is 0.330 e.